The first-order valence-corrected chi connectivity index (χ1v) is 10.0. The highest BCUT2D eigenvalue weighted by atomic mass is 32.1. The summed E-state index contributed by atoms with van der Waals surface area (Å²) in [5.74, 6) is 2.06. The van der Waals surface area contributed by atoms with E-state index in [0.29, 0.717) is 18.4 Å². The summed E-state index contributed by atoms with van der Waals surface area (Å²) in [6, 6.07) is 7.59. The molecule has 1 aromatic carbocycles. The summed E-state index contributed by atoms with van der Waals surface area (Å²) in [5.41, 5.74) is 3.71. The van der Waals surface area contributed by atoms with Gasteiger partial charge in [-0.25, -0.2) is 0 Å². The third kappa shape index (κ3) is 4.10. The molecule has 4 nitrogen and oxygen atoms in total. The normalized spacial score (nSPS) is 16.0. The maximum Gasteiger partial charge on any atom is 0.261 e. The molecule has 1 aromatic heterocycles. The topological polar surface area (TPSA) is 58.6 Å². The summed E-state index contributed by atoms with van der Waals surface area (Å²) < 4.78 is 5.35. The van der Waals surface area contributed by atoms with Crippen molar-refractivity contribution in [2.75, 3.05) is 13.2 Å². The van der Waals surface area contributed by atoms with Gasteiger partial charge in [-0.15, -0.1) is 11.3 Å². The lowest BCUT2D eigenvalue weighted by Gasteiger charge is -2.13. The van der Waals surface area contributed by atoms with Crippen LogP contribution in [-0.4, -0.2) is 24.2 Å². The molecule has 0 aliphatic heterocycles. The fourth-order valence-corrected chi connectivity index (χ4v) is 4.62. The number of aryl methyl sites for hydroxylation is 1. The first-order chi connectivity index (χ1) is 12.5. The van der Waals surface area contributed by atoms with Crippen molar-refractivity contribution in [3.8, 4) is 5.75 Å². The SMILES string of the molecule is Cc1sc(C(=O)NCc2ccc(OCCO)cc2)c2c1CC(C(C)C)C2. The number of carbonyl (C=O) groups is 1. The van der Waals surface area contributed by atoms with Crippen molar-refractivity contribution in [1.82, 2.24) is 5.32 Å². The van der Waals surface area contributed by atoms with E-state index >= 15 is 0 Å². The number of thiophene rings is 1. The maximum atomic E-state index is 12.7. The number of aliphatic hydroxyl groups is 1. The van der Waals surface area contributed by atoms with Crippen LogP contribution in [0.3, 0.4) is 0 Å². The van der Waals surface area contributed by atoms with Crippen molar-refractivity contribution >= 4 is 17.2 Å². The average molecular weight is 374 g/mol. The van der Waals surface area contributed by atoms with Crippen molar-refractivity contribution in [1.29, 1.82) is 0 Å². The van der Waals surface area contributed by atoms with Crippen molar-refractivity contribution < 1.29 is 14.6 Å². The van der Waals surface area contributed by atoms with Gasteiger partial charge in [0.15, 0.2) is 0 Å². The third-order valence-electron chi connectivity index (χ3n) is 5.14. The van der Waals surface area contributed by atoms with Gasteiger partial charge in [0, 0.05) is 11.4 Å². The summed E-state index contributed by atoms with van der Waals surface area (Å²) >= 11 is 1.63. The number of hydrogen-bond acceptors (Lipinski definition) is 4. The van der Waals surface area contributed by atoms with Crippen molar-refractivity contribution in [3.05, 3.63) is 50.7 Å². The Morgan fingerprint density at radius 3 is 2.62 bits per heavy atom. The minimum Gasteiger partial charge on any atom is -0.491 e. The Kier molecular flexibility index (Phi) is 5.99. The molecule has 0 spiro atoms. The van der Waals surface area contributed by atoms with Gasteiger partial charge >= 0.3 is 0 Å². The van der Waals surface area contributed by atoms with Crippen LogP contribution in [0, 0.1) is 18.8 Å². The highest BCUT2D eigenvalue weighted by molar-refractivity contribution is 7.14. The van der Waals surface area contributed by atoms with E-state index in [1.165, 1.54) is 16.0 Å². The van der Waals surface area contributed by atoms with Gasteiger partial charge < -0.3 is 15.2 Å². The molecule has 0 radical (unpaired) electrons. The lowest BCUT2D eigenvalue weighted by atomic mass is 9.93. The molecule has 3 rings (SSSR count). The minimum atomic E-state index is 0.0000269. The van der Waals surface area contributed by atoms with Crippen LogP contribution in [0.15, 0.2) is 24.3 Å². The molecular formula is C21H27NO3S. The Morgan fingerprint density at radius 1 is 1.27 bits per heavy atom. The van der Waals surface area contributed by atoms with Crippen LogP contribution >= 0.6 is 11.3 Å². The summed E-state index contributed by atoms with van der Waals surface area (Å²) in [7, 11) is 0. The Morgan fingerprint density at radius 2 is 1.96 bits per heavy atom. The summed E-state index contributed by atoms with van der Waals surface area (Å²) in [4.78, 5) is 14.9. The second-order valence-electron chi connectivity index (χ2n) is 7.26. The predicted molar refractivity (Wildman–Crippen MR) is 105 cm³/mol. The van der Waals surface area contributed by atoms with Crippen LogP contribution in [0.2, 0.25) is 0 Å². The van der Waals surface area contributed by atoms with E-state index in [9.17, 15) is 4.79 Å². The number of rotatable bonds is 7. The zero-order chi connectivity index (χ0) is 18.7. The summed E-state index contributed by atoms with van der Waals surface area (Å²) in [5, 5.41) is 11.8. The number of nitrogens with one attached hydrogen (secondary N) is 1. The number of fused-ring (bicyclic) bond motifs is 1. The van der Waals surface area contributed by atoms with Gasteiger partial charge in [0.1, 0.15) is 12.4 Å². The lowest BCUT2D eigenvalue weighted by Crippen LogP contribution is -2.23. The molecule has 140 valence electrons. The maximum absolute atomic E-state index is 12.7. The number of ether oxygens (including phenoxy) is 1. The quantitative estimate of drug-likeness (QED) is 0.777. The zero-order valence-electron chi connectivity index (χ0n) is 15.7. The molecule has 0 saturated heterocycles. The first kappa shape index (κ1) is 18.9. The molecule has 26 heavy (non-hydrogen) atoms. The molecule has 0 fully saturated rings. The third-order valence-corrected chi connectivity index (χ3v) is 6.33. The largest absolute Gasteiger partial charge is 0.491 e. The Balaban J connectivity index is 1.62. The second kappa shape index (κ2) is 8.23. The summed E-state index contributed by atoms with van der Waals surface area (Å²) in [6.07, 6.45) is 2.13. The molecule has 1 aliphatic carbocycles. The van der Waals surface area contributed by atoms with Crippen LogP contribution in [0.4, 0.5) is 0 Å². The van der Waals surface area contributed by atoms with Gasteiger partial charge in [-0.3, -0.25) is 4.79 Å². The standard InChI is InChI=1S/C21H27NO3S/c1-13(2)16-10-18-14(3)26-20(19(18)11-16)21(24)22-12-15-4-6-17(7-5-15)25-9-8-23/h4-7,13,16,23H,8-12H2,1-3H3,(H,22,24). The molecule has 1 aliphatic rings. The smallest absolute Gasteiger partial charge is 0.261 e. The first-order valence-electron chi connectivity index (χ1n) is 9.21. The zero-order valence-corrected chi connectivity index (χ0v) is 16.5. The second-order valence-corrected chi connectivity index (χ2v) is 8.48. The molecule has 0 saturated carbocycles. The molecule has 2 aromatic rings. The van der Waals surface area contributed by atoms with E-state index < -0.39 is 0 Å². The Bertz CT molecular complexity index is 764. The van der Waals surface area contributed by atoms with Crippen LogP contribution in [0.1, 0.15) is 45.1 Å². The van der Waals surface area contributed by atoms with E-state index in [-0.39, 0.29) is 19.1 Å². The molecule has 1 atom stereocenters. The van der Waals surface area contributed by atoms with E-state index in [1.807, 2.05) is 24.3 Å². The average Bonchev–Trinajstić information content (AvgIpc) is 3.20. The molecule has 5 heteroatoms. The Labute approximate surface area is 159 Å². The number of aliphatic hydroxyl groups excluding tert-OH is 1. The molecule has 1 heterocycles. The van der Waals surface area contributed by atoms with E-state index in [0.717, 1.165) is 29.0 Å². The van der Waals surface area contributed by atoms with Crippen LogP contribution in [-0.2, 0) is 19.4 Å². The number of carbonyl (C=O) groups excluding carboxylic acids is 1. The minimum absolute atomic E-state index is 0.0000269. The predicted octanol–water partition coefficient (Wildman–Crippen LogP) is 3.73. The molecular weight excluding hydrogens is 346 g/mol. The van der Waals surface area contributed by atoms with Gasteiger partial charge in [0.25, 0.3) is 5.91 Å². The number of hydrogen-bond donors (Lipinski definition) is 2. The van der Waals surface area contributed by atoms with Crippen LogP contribution < -0.4 is 10.1 Å². The highest BCUT2D eigenvalue weighted by Crippen LogP contribution is 2.40. The number of benzene rings is 1. The van der Waals surface area contributed by atoms with Gasteiger partial charge in [-0.2, -0.15) is 0 Å². The van der Waals surface area contributed by atoms with E-state index in [1.54, 1.807) is 11.3 Å². The van der Waals surface area contributed by atoms with Gasteiger partial charge in [0.2, 0.25) is 0 Å². The van der Waals surface area contributed by atoms with Gasteiger partial charge in [-0.1, -0.05) is 26.0 Å². The molecule has 1 amide bonds. The Hall–Kier alpha value is -1.85. The van der Waals surface area contributed by atoms with E-state index in [4.69, 9.17) is 9.84 Å². The fraction of sp³-hybridized carbons (Fsp3) is 0.476. The van der Waals surface area contributed by atoms with E-state index in [2.05, 4.69) is 26.1 Å². The molecule has 2 N–H and O–H groups in total. The number of amides is 1. The van der Waals surface area contributed by atoms with Crippen molar-refractivity contribution in [3.63, 3.8) is 0 Å². The molecule has 0 bridgehead atoms. The van der Waals surface area contributed by atoms with Crippen molar-refractivity contribution in [2.24, 2.45) is 11.8 Å². The monoisotopic (exact) mass is 373 g/mol. The van der Waals surface area contributed by atoms with Gasteiger partial charge in [0.05, 0.1) is 11.5 Å². The van der Waals surface area contributed by atoms with Crippen LogP contribution in [0.25, 0.3) is 0 Å². The lowest BCUT2D eigenvalue weighted by molar-refractivity contribution is 0.0954. The molecule has 1 unspecified atom stereocenters. The highest BCUT2D eigenvalue weighted by Gasteiger charge is 2.31. The fourth-order valence-electron chi connectivity index (χ4n) is 3.49. The van der Waals surface area contributed by atoms with Gasteiger partial charge in [-0.05, 0) is 60.4 Å². The summed E-state index contributed by atoms with van der Waals surface area (Å²) in [6.45, 7) is 7.45. The van der Waals surface area contributed by atoms with Crippen LogP contribution in [0.5, 0.6) is 5.75 Å². The van der Waals surface area contributed by atoms with Crippen molar-refractivity contribution in [2.45, 2.75) is 40.2 Å².